The van der Waals surface area contributed by atoms with Crippen LogP contribution < -0.4 is 5.32 Å². The molecule has 2 unspecified atom stereocenters. The van der Waals surface area contributed by atoms with Crippen molar-refractivity contribution in [1.29, 1.82) is 5.26 Å². The molecule has 2 nitrogen and oxygen atoms in total. The van der Waals surface area contributed by atoms with E-state index in [0.717, 1.165) is 0 Å². The second kappa shape index (κ2) is 3.79. The van der Waals surface area contributed by atoms with Crippen molar-refractivity contribution in [3.63, 3.8) is 0 Å². The Balaban J connectivity index is 2.49. The lowest BCUT2D eigenvalue weighted by molar-refractivity contribution is 0.815. The number of nitrogens with one attached hydrogen (secondary N) is 1. The Morgan fingerprint density at radius 2 is 2.00 bits per heavy atom. The highest BCUT2D eigenvalue weighted by molar-refractivity contribution is 8.00. The first kappa shape index (κ1) is 10.4. The topological polar surface area (TPSA) is 35.8 Å². The summed E-state index contributed by atoms with van der Waals surface area (Å²) in [5, 5.41) is 12.5. The summed E-state index contributed by atoms with van der Waals surface area (Å²) >= 11 is 1.68. The zero-order valence-corrected chi connectivity index (χ0v) is 9.98. The van der Waals surface area contributed by atoms with Gasteiger partial charge in [-0.05, 0) is 31.9 Å². The zero-order valence-electron chi connectivity index (χ0n) is 9.16. The number of nitrogens with zero attached hydrogens (tertiary/aromatic N) is 1. The lowest BCUT2D eigenvalue weighted by Gasteiger charge is -2.30. The Bertz CT molecular complexity index is 434. The predicted molar refractivity (Wildman–Crippen MR) is 64.3 cm³/mol. The van der Waals surface area contributed by atoms with E-state index in [1.807, 2.05) is 0 Å². The van der Waals surface area contributed by atoms with Crippen molar-refractivity contribution in [2.75, 3.05) is 5.32 Å². The Hall–Kier alpha value is -1.14. The number of anilines is 1. The standard InChI is InChI=1S/C12H14N2S/c1-7-4-5-8(2)12-11(7)14-9(3)10(6-13)15-12/h4-5,9-10,14H,1-3H3. The second-order valence-electron chi connectivity index (χ2n) is 4.00. The van der Waals surface area contributed by atoms with Gasteiger partial charge in [-0.1, -0.05) is 12.1 Å². The van der Waals surface area contributed by atoms with Gasteiger partial charge in [0.1, 0.15) is 5.25 Å². The van der Waals surface area contributed by atoms with Crippen LogP contribution in [0.5, 0.6) is 0 Å². The molecule has 2 rings (SSSR count). The fraction of sp³-hybridized carbons (Fsp3) is 0.417. The minimum atomic E-state index is 0.0120. The van der Waals surface area contributed by atoms with Crippen molar-refractivity contribution >= 4 is 17.4 Å². The van der Waals surface area contributed by atoms with Crippen molar-refractivity contribution in [3.8, 4) is 6.07 Å². The fourth-order valence-electron chi connectivity index (χ4n) is 1.79. The van der Waals surface area contributed by atoms with E-state index in [4.69, 9.17) is 5.26 Å². The van der Waals surface area contributed by atoms with E-state index in [2.05, 4.69) is 44.3 Å². The Morgan fingerprint density at radius 3 is 2.67 bits per heavy atom. The summed E-state index contributed by atoms with van der Waals surface area (Å²) in [6, 6.07) is 6.80. The van der Waals surface area contributed by atoms with Crippen LogP contribution >= 0.6 is 11.8 Å². The van der Waals surface area contributed by atoms with E-state index in [0.29, 0.717) is 0 Å². The van der Waals surface area contributed by atoms with Crippen LogP contribution in [0, 0.1) is 25.2 Å². The average molecular weight is 218 g/mol. The van der Waals surface area contributed by atoms with Crippen LogP contribution in [0.2, 0.25) is 0 Å². The largest absolute Gasteiger partial charge is 0.379 e. The number of rotatable bonds is 0. The van der Waals surface area contributed by atoms with Gasteiger partial charge < -0.3 is 5.32 Å². The molecule has 1 aromatic carbocycles. The van der Waals surface area contributed by atoms with Crippen molar-refractivity contribution in [2.24, 2.45) is 0 Å². The van der Waals surface area contributed by atoms with E-state index < -0.39 is 0 Å². The van der Waals surface area contributed by atoms with Crippen molar-refractivity contribution in [3.05, 3.63) is 23.3 Å². The average Bonchev–Trinajstić information content (AvgIpc) is 2.23. The zero-order chi connectivity index (χ0) is 11.0. The monoisotopic (exact) mass is 218 g/mol. The van der Waals surface area contributed by atoms with Crippen LogP contribution in [0.4, 0.5) is 5.69 Å². The van der Waals surface area contributed by atoms with E-state index in [-0.39, 0.29) is 11.3 Å². The molecule has 1 heterocycles. The number of fused-ring (bicyclic) bond motifs is 1. The smallest absolute Gasteiger partial charge is 0.116 e. The molecule has 1 aliphatic heterocycles. The van der Waals surface area contributed by atoms with Gasteiger partial charge in [0.05, 0.1) is 11.8 Å². The summed E-state index contributed by atoms with van der Waals surface area (Å²) in [5.41, 5.74) is 3.71. The molecule has 3 heteroatoms. The maximum atomic E-state index is 9.04. The van der Waals surface area contributed by atoms with Gasteiger partial charge in [-0.2, -0.15) is 5.26 Å². The van der Waals surface area contributed by atoms with Gasteiger partial charge in [0.2, 0.25) is 0 Å². The van der Waals surface area contributed by atoms with E-state index in [1.165, 1.54) is 21.7 Å². The molecular formula is C12H14N2S. The molecule has 0 saturated heterocycles. The van der Waals surface area contributed by atoms with Crippen molar-refractivity contribution in [2.45, 2.75) is 37.0 Å². The molecule has 1 N–H and O–H groups in total. The third-order valence-corrected chi connectivity index (χ3v) is 4.29. The summed E-state index contributed by atoms with van der Waals surface area (Å²) < 4.78 is 0. The minimum absolute atomic E-state index is 0.0120. The number of benzene rings is 1. The second-order valence-corrected chi connectivity index (χ2v) is 5.16. The van der Waals surface area contributed by atoms with Crippen LogP contribution in [0.25, 0.3) is 0 Å². The summed E-state index contributed by atoms with van der Waals surface area (Å²) in [7, 11) is 0. The molecule has 1 aromatic rings. The first-order chi connectivity index (χ1) is 7.13. The third-order valence-electron chi connectivity index (χ3n) is 2.76. The molecule has 15 heavy (non-hydrogen) atoms. The van der Waals surface area contributed by atoms with Gasteiger partial charge in [0.15, 0.2) is 0 Å². The molecule has 0 saturated carbocycles. The third kappa shape index (κ3) is 1.70. The van der Waals surface area contributed by atoms with Crippen molar-refractivity contribution in [1.82, 2.24) is 0 Å². The minimum Gasteiger partial charge on any atom is -0.379 e. The van der Waals surface area contributed by atoms with E-state index >= 15 is 0 Å². The molecule has 0 bridgehead atoms. The predicted octanol–water partition coefficient (Wildman–Crippen LogP) is 3.10. The molecule has 0 spiro atoms. The molecule has 1 aliphatic rings. The van der Waals surface area contributed by atoms with Crippen LogP contribution in [0.1, 0.15) is 18.1 Å². The van der Waals surface area contributed by atoms with Gasteiger partial charge >= 0.3 is 0 Å². The number of aryl methyl sites for hydroxylation is 2. The maximum absolute atomic E-state index is 9.04. The number of nitriles is 1. The number of thioether (sulfide) groups is 1. The SMILES string of the molecule is Cc1ccc(C)c2c1NC(C)C(C#N)S2. The highest BCUT2D eigenvalue weighted by Gasteiger charge is 2.27. The van der Waals surface area contributed by atoms with Crippen molar-refractivity contribution < 1.29 is 0 Å². The van der Waals surface area contributed by atoms with Crippen LogP contribution in [-0.2, 0) is 0 Å². The lowest BCUT2D eigenvalue weighted by Crippen LogP contribution is -2.31. The maximum Gasteiger partial charge on any atom is 0.116 e. The van der Waals surface area contributed by atoms with Gasteiger partial charge in [-0.25, -0.2) is 0 Å². The molecule has 0 amide bonds. The Kier molecular flexibility index (Phi) is 2.62. The first-order valence-corrected chi connectivity index (χ1v) is 5.94. The number of hydrogen-bond donors (Lipinski definition) is 1. The van der Waals surface area contributed by atoms with Gasteiger partial charge in [-0.15, -0.1) is 11.8 Å². The van der Waals surface area contributed by atoms with Gasteiger partial charge in [0, 0.05) is 10.9 Å². The molecule has 0 aromatic heterocycles. The highest BCUT2D eigenvalue weighted by atomic mass is 32.2. The molecule has 0 radical (unpaired) electrons. The van der Waals surface area contributed by atoms with Gasteiger partial charge in [-0.3, -0.25) is 0 Å². The van der Waals surface area contributed by atoms with E-state index in [9.17, 15) is 0 Å². The Morgan fingerprint density at radius 1 is 1.33 bits per heavy atom. The van der Waals surface area contributed by atoms with Gasteiger partial charge in [0.25, 0.3) is 0 Å². The normalized spacial score (nSPS) is 23.9. The molecule has 0 aliphatic carbocycles. The molecular weight excluding hydrogens is 204 g/mol. The van der Waals surface area contributed by atoms with E-state index in [1.54, 1.807) is 11.8 Å². The van der Waals surface area contributed by atoms with Crippen LogP contribution in [0.3, 0.4) is 0 Å². The summed E-state index contributed by atoms with van der Waals surface area (Å²) in [6.45, 7) is 6.26. The van der Waals surface area contributed by atoms with Crippen LogP contribution in [0.15, 0.2) is 17.0 Å². The molecule has 2 atom stereocenters. The first-order valence-electron chi connectivity index (χ1n) is 5.06. The molecule has 78 valence electrons. The summed E-state index contributed by atoms with van der Waals surface area (Å²) in [4.78, 5) is 1.24. The van der Waals surface area contributed by atoms with Crippen LogP contribution in [-0.4, -0.2) is 11.3 Å². The molecule has 0 fully saturated rings. The summed E-state index contributed by atoms with van der Waals surface area (Å²) in [6.07, 6.45) is 0. The Labute approximate surface area is 94.7 Å². The fourth-order valence-corrected chi connectivity index (χ4v) is 2.96. The number of hydrogen-bond acceptors (Lipinski definition) is 3. The summed E-state index contributed by atoms with van der Waals surface area (Å²) in [5.74, 6) is 0. The highest BCUT2D eigenvalue weighted by Crippen LogP contribution is 2.41. The lowest BCUT2D eigenvalue weighted by atomic mass is 10.1. The quantitative estimate of drug-likeness (QED) is 0.727.